The van der Waals surface area contributed by atoms with Crippen LogP contribution in [0.5, 0.6) is 0 Å². The highest BCUT2D eigenvalue weighted by Gasteiger charge is 2.31. The molecule has 0 bridgehead atoms. The first-order valence-corrected chi connectivity index (χ1v) is 9.44. The molecular formula is C16H9F3N6OS2. The minimum absolute atomic E-state index is 0.140. The number of hydrogen-bond acceptors (Lipinski definition) is 7. The number of alkyl halides is 3. The molecule has 0 saturated carbocycles. The van der Waals surface area contributed by atoms with Crippen molar-refractivity contribution < 1.29 is 18.0 Å². The zero-order valence-corrected chi connectivity index (χ0v) is 15.3. The first-order chi connectivity index (χ1) is 13.4. The Bertz CT molecular complexity index is 1110. The first-order valence-electron chi connectivity index (χ1n) is 7.68. The number of nitrogens with one attached hydrogen (secondary N) is 1. The summed E-state index contributed by atoms with van der Waals surface area (Å²) in [6, 6.07) is 8.18. The highest BCUT2D eigenvalue weighted by Crippen LogP contribution is 2.32. The largest absolute Gasteiger partial charge is 0.416 e. The Morgan fingerprint density at radius 2 is 2.00 bits per heavy atom. The van der Waals surface area contributed by atoms with Gasteiger partial charge in [0.05, 0.1) is 16.1 Å². The van der Waals surface area contributed by atoms with Crippen LogP contribution >= 0.6 is 22.7 Å². The molecule has 12 heteroatoms. The number of rotatable bonds is 4. The summed E-state index contributed by atoms with van der Waals surface area (Å²) in [7, 11) is 0. The van der Waals surface area contributed by atoms with Gasteiger partial charge in [-0.25, -0.2) is 9.67 Å². The number of anilines is 1. The number of nitrogens with zero attached hydrogens (tertiary/aromatic N) is 5. The van der Waals surface area contributed by atoms with Crippen molar-refractivity contribution >= 4 is 33.7 Å². The number of hydrogen-bond donors (Lipinski definition) is 1. The molecular weight excluding hydrogens is 413 g/mol. The standard InChI is InChI=1S/C16H9F3N6OS2/c17-16(18,19)9-3-1-4-10(7-9)25-13(11-5-2-6-27-11)21-12(24-25)14(26)22-15-23-20-8-28-15/h1-8H,(H,22,23,26). The maximum Gasteiger partial charge on any atom is 0.416 e. The first kappa shape index (κ1) is 18.3. The Morgan fingerprint density at radius 1 is 1.14 bits per heavy atom. The van der Waals surface area contributed by atoms with Gasteiger partial charge < -0.3 is 0 Å². The van der Waals surface area contributed by atoms with E-state index in [1.54, 1.807) is 17.5 Å². The molecule has 0 spiro atoms. The third-order valence-corrected chi connectivity index (χ3v) is 5.02. The van der Waals surface area contributed by atoms with Gasteiger partial charge in [-0.3, -0.25) is 10.1 Å². The third kappa shape index (κ3) is 3.64. The summed E-state index contributed by atoms with van der Waals surface area (Å²) in [4.78, 5) is 17.3. The van der Waals surface area contributed by atoms with Crippen molar-refractivity contribution in [2.75, 3.05) is 5.32 Å². The predicted octanol–water partition coefficient (Wildman–Crippen LogP) is 4.12. The molecule has 0 aliphatic heterocycles. The number of carbonyl (C=O) groups excluding carboxylic acids is 1. The van der Waals surface area contributed by atoms with Gasteiger partial charge >= 0.3 is 6.18 Å². The molecule has 0 radical (unpaired) electrons. The molecule has 1 aromatic carbocycles. The summed E-state index contributed by atoms with van der Waals surface area (Å²) in [5.74, 6) is -0.576. The average Bonchev–Trinajstić information content (AvgIpc) is 3.41. The van der Waals surface area contributed by atoms with Gasteiger partial charge in [0, 0.05) is 0 Å². The third-order valence-electron chi connectivity index (χ3n) is 3.55. The Kier molecular flexibility index (Phi) is 4.65. The number of benzene rings is 1. The second-order valence-electron chi connectivity index (χ2n) is 5.39. The van der Waals surface area contributed by atoms with E-state index in [2.05, 4.69) is 25.6 Å². The summed E-state index contributed by atoms with van der Waals surface area (Å²) < 4.78 is 40.5. The van der Waals surface area contributed by atoms with Gasteiger partial charge in [-0.2, -0.15) is 13.2 Å². The van der Waals surface area contributed by atoms with E-state index in [0.29, 0.717) is 4.88 Å². The number of amides is 1. The number of halogens is 3. The van der Waals surface area contributed by atoms with E-state index in [-0.39, 0.29) is 22.5 Å². The van der Waals surface area contributed by atoms with Crippen molar-refractivity contribution in [3.63, 3.8) is 0 Å². The molecule has 0 unspecified atom stereocenters. The van der Waals surface area contributed by atoms with Crippen molar-refractivity contribution in [3.05, 3.63) is 58.7 Å². The van der Waals surface area contributed by atoms with E-state index >= 15 is 0 Å². The Hall–Kier alpha value is -3.12. The van der Waals surface area contributed by atoms with Crippen molar-refractivity contribution in [2.45, 2.75) is 6.18 Å². The fraction of sp³-hybridized carbons (Fsp3) is 0.0625. The van der Waals surface area contributed by atoms with E-state index in [1.165, 1.54) is 33.7 Å². The van der Waals surface area contributed by atoms with Crippen molar-refractivity contribution in [2.24, 2.45) is 0 Å². The van der Waals surface area contributed by atoms with Crippen LogP contribution in [-0.2, 0) is 6.18 Å². The lowest BCUT2D eigenvalue weighted by molar-refractivity contribution is -0.137. The van der Waals surface area contributed by atoms with Crippen LogP contribution in [0.1, 0.15) is 16.2 Å². The van der Waals surface area contributed by atoms with Crippen LogP contribution in [0.25, 0.3) is 16.4 Å². The summed E-state index contributed by atoms with van der Waals surface area (Å²) >= 11 is 2.44. The molecule has 4 rings (SSSR count). The van der Waals surface area contributed by atoms with Crippen molar-refractivity contribution in [3.8, 4) is 16.4 Å². The van der Waals surface area contributed by atoms with Gasteiger partial charge in [0.25, 0.3) is 5.91 Å². The van der Waals surface area contributed by atoms with Crippen LogP contribution in [0, 0.1) is 0 Å². The topological polar surface area (TPSA) is 85.6 Å². The molecule has 28 heavy (non-hydrogen) atoms. The monoisotopic (exact) mass is 422 g/mol. The van der Waals surface area contributed by atoms with Crippen molar-refractivity contribution in [1.82, 2.24) is 25.0 Å². The summed E-state index contributed by atoms with van der Waals surface area (Å²) in [5.41, 5.74) is 0.764. The minimum atomic E-state index is -4.50. The molecule has 4 aromatic rings. The van der Waals surface area contributed by atoms with E-state index in [9.17, 15) is 18.0 Å². The van der Waals surface area contributed by atoms with Crippen LogP contribution in [0.4, 0.5) is 18.3 Å². The Balaban J connectivity index is 1.78. The Labute approximate surface area is 163 Å². The zero-order chi connectivity index (χ0) is 19.7. The van der Waals surface area contributed by atoms with Crippen LogP contribution in [0.3, 0.4) is 0 Å². The van der Waals surface area contributed by atoms with Gasteiger partial charge in [0.2, 0.25) is 11.0 Å². The highest BCUT2D eigenvalue weighted by molar-refractivity contribution is 7.13. The lowest BCUT2D eigenvalue weighted by Crippen LogP contribution is -2.14. The fourth-order valence-electron chi connectivity index (χ4n) is 2.35. The van der Waals surface area contributed by atoms with Crippen molar-refractivity contribution in [1.29, 1.82) is 0 Å². The van der Waals surface area contributed by atoms with E-state index in [4.69, 9.17) is 0 Å². The number of carbonyl (C=O) groups is 1. The van der Waals surface area contributed by atoms with Crippen LogP contribution in [0.15, 0.2) is 47.3 Å². The minimum Gasteiger partial charge on any atom is -0.294 e. The molecule has 1 amide bonds. The van der Waals surface area contributed by atoms with E-state index < -0.39 is 17.6 Å². The molecule has 0 atom stereocenters. The summed E-state index contributed by atoms with van der Waals surface area (Å²) in [6.07, 6.45) is -4.50. The normalized spacial score (nSPS) is 11.5. The molecule has 142 valence electrons. The highest BCUT2D eigenvalue weighted by atomic mass is 32.1. The van der Waals surface area contributed by atoms with Crippen LogP contribution < -0.4 is 5.32 Å². The summed E-state index contributed by atoms with van der Waals surface area (Å²) in [5, 5.41) is 16.0. The average molecular weight is 422 g/mol. The second-order valence-corrected chi connectivity index (χ2v) is 7.18. The molecule has 1 N–H and O–H groups in total. The number of aromatic nitrogens is 5. The van der Waals surface area contributed by atoms with Gasteiger partial charge in [-0.05, 0) is 29.6 Å². The fourth-order valence-corrected chi connectivity index (χ4v) is 3.49. The van der Waals surface area contributed by atoms with Gasteiger partial charge in [-0.1, -0.05) is 23.5 Å². The Morgan fingerprint density at radius 3 is 2.68 bits per heavy atom. The smallest absolute Gasteiger partial charge is 0.294 e. The molecule has 7 nitrogen and oxygen atoms in total. The van der Waals surface area contributed by atoms with Gasteiger partial charge in [0.15, 0.2) is 5.82 Å². The molecule has 3 aromatic heterocycles. The molecule has 0 fully saturated rings. The van der Waals surface area contributed by atoms with Crippen LogP contribution in [0.2, 0.25) is 0 Å². The second kappa shape index (κ2) is 7.13. The van der Waals surface area contributed by atoms with E-state index in [0.717, 1.165) is 23.5 Å². The maximum atomic E-state index is 13.1. The zero-order valence-electron chi connectivity index (χ0n) is 13.7. The maximum absolute atomic E-state index is 13.1. The quantitative estimate of drug-likeness (QED) is 0.535. The van der Waals surface area contributed by atoms with Crippen LogP contribution in [-0.4, -0.2) is 30.9 Å². The van der Waals surface area contributed by atoms with E-state index in [1.807, 2.05) is 0 Å². The van der Waals surface area contributed by atoms with Gasteiger partial charge in [-0.15, -0.1) is 26.6 Å². The lowest BCUT2D eigenvalue weighted by atomic mass is 10.2. The molecule has 0 aliphatic rings. The number of thiophene rings is 1. The van der Waals surface area contributed by atoms with Gasteiger partial charge in [0.1, 0.15) is 5.51 Å². The molecule has 0 saturated heterocycles. The summed E-state index contributed by atoms with van der Waals surface area (Å²) in [6.45, 7) is 0. The predicted molar refractivity (Wildman–Crippen MR) is 97.5 cm³/mol. The molecule has 0 aliphatic carbocycles. The SMILES string of the molecule is O=C(Nc1nncs1)c1nc(-c2cccs2)n(-c2cccc(C(F)(F)F)c2)n1. The molecule has 3 heterocycles. The lowest BCUT2D eigenvalue weighted by Gasteiger charge is -2.09.